The lowest BCUT2D eigenvalue weighted by molar-refractivity contribution is 0.0525. The first kappa shape index (κ1) is 15.6. The van der Waals surface area contributed by atoms with E-state index in [-0.39, 0.29) is 19.3 Å². The van der Waals surface area contributed by atoms with Gasteiger partial charge in [0.25, 0.3) is 10.1 Å². The Morgan fingerprint density at radius 1 is 1.53 bits per heavy atom. The first-order valence-electron chi connectivity index (χ1n) is 5.82. The topological polar surface area (TPSA) is 87.5 Å². The summed E-state index contributed by atoms with van der Waals surface area (Å²) in [4.78, 5) is 11.6. The summed E-state index contributed by atoms with van der Waals surface area (Å²) in [5.74, 6) is -0.442. The standard InChI is InChI=1S/C11H18N2O5S/c1-5-17-11(14)10-6-12-13(9(10)3)8(2)7-18-19(4,15)16/h6,8H,5,7H2,1-4H3. The Hall–Kier alpha value is -1.41. The fourth-order valence-corrected chi connectivity index (χ4v) is 2.01. The second-order valence-electron chi connectivity index (χ2n) is 4.15. The van der Waals surface area contributed by atoms with Crippen molar-refractivity contribution >= 4 is 16.1 Å². The molecule has 1 rings (SSSR count). The van der Waals surface area contributed by atoms with Crippen LogP contribution in [0.2, 0.25) is 0 Å². The van der Waals surface area contributed by atoms with Gasteiger partial charge >= 0.3 is 5.97 Å². The molecule has 0 bridgehead atoms. The van der Waals surface area contributed by atoms with Crippen molar-refractivity contribution in [3.63, 3.8) is 0 Å². The van der Waals surface area contributed by atoms with Gasteiger partial charge in [-0.3, -0.25) is 8.86 Å². The number of hydrogen-bond donors (Lipinski definition) is 0. The van der Waals surface area contributed by atoms with E-state index in [1.807, 2.05) is 0 Å². The number of carbonyl (C=O) groups is 1. The molecule has 1 heterocycles. The maximum absolute atomic E-state index is 11.6. The molecule has 1 unspecified atom stereocenters. The summed E-state index contributed by atoms with van der Waals surface area (Å²) in [5.41, 5.74) is 0.983. The highest BCUT2D eigenvalue weighted by molar-refractivity contribution is 7.85. The highest BCUT2D eigenvalue weighted by atomic mass is 32.2. The van der Waals surface area contributed by atoms with Crippen molar-refractivity contribution in [2.45, 2.75) is 26.8 Å². The molecule has 1 aromatic heterocycles. The van der Waals surface area contributed by atoms with Gasteiger partial charge in [0.2, 0.25) is 0 Å². The number of esters is 1. The lowest BCUT2D eigenvalue weighted by Crippen LogP contribution is -2.18. The van der Waals surface area contributed by atoms with Gasteiger partial charge in [0.15, 0.2) is 0 Å². The van der Waals surface area contributed by atoms with Crippen molar-refractivity contribution in [3.8, 4) is 0 Å². The largest absolute Gasteiger partial charge is 0.462 e. The van der Waals surface area contributed by atoms with Crippen LogP contribution in [0.25, 0.3) is 0 Å². The zero-order valence-corrected chi connectivity index (χ0v) is 12.2. The fourth-order valence-electron chi connectivity index (χ4n) is 1.57. The Morgan fingerprint density at radius 2 is 2.16 bits per heavy atom. The number of aromatic nitrogens is 2. The molecule has 0 aromatic carbocycles. The molecular formula is C11H18N2O5S. The molecule has 8 heteroatoms. The minimum absolute atomic E-state index is 0.0381. The summed E-state index contributed by atoms with van der Waals surface area (Å²) in [7, 11) is -3.49. The molecular weight excluding hydrogens is 272 g/mol. The average molecular weight is 290 g/mol. The smallest absolute Gasteiger partial charge is 0.341 e. The van der Waals surface area contributed by atoms with Crippen LogP contribution in [0.4, 0.5) is 0 Å². The molecule has 0 saturated carbocycles. The number of ether oxygens (including phenoxy) is 1. The minimum atomic E-state index is -3.49. The van der Waals surface area contributed by atoms with Gasteiger partial charge in [0.05, 0.1) is 37.4 Å². The van der Waals surface area contributed by atoms with Gasteiger partial charge in [-0.25, -0.2) is 4.79 Å². The highest BCUT2D eigenvalue weighted by Gasteiger charge is 2.19. The molecule has 0 amide bonds. The molecule has 7 nitrogen and oxygen atoms in total. The molecule has 1 atom stereocenters. The van der Waals surface area contributed by atoms with E-state index in [0.717, 1.165) is 6.26 Å². The maximum Gasteiger partial charge on any atom is 0.341 e. The van der Waals surface area contributed by atoms with Crippen molar-refractivity contribution in [3.05, 3.63) is 17.5 Å². The Labute approximate surface area is 112 Å². The summed E-state index contributed by atoms with van der Waals surface area (Å²) >= 11 is 0. The fraction of sp³-hybridized carbons (Fsp3) is 0.636. The molecule has 0 aliphatic carbocycles. The van der Waals surface area contributed by atoms with E-state index in [2.05, 4.69) is 5.10 Å². The first-order valence-corrected chi connectivity index (χ1v) is 7.63. The van der Waals surface area contributed by atoms with Crippen molar-refractivity contribution in [1.29, 1.82) is 0 Å². The van der Waals surface area contributed by atoms with E-state index in [0.29, 0.717) is 11.3 Å². The monoisotopic (exact) mass is 290 g/mol. The summed E-state index contributed by atoms with van der Waals surface area (Å²) < 4.78 is 33.0. The van der Waals surface area contributed by atoms with Gasteiger partial charge in [0.1, 0.15) is 5.56 Å². The molecule has 0 aliphatic heterocycles. The number of nitrogens with zero attached hydrogens (tertiary/aromatic N) is 2. The average Bonchev–Trinajstić information content (AvgIpc) is 2.67. The zero-order chi connectivity index (χ0) is 14.6. The second kappa shape index (κ2) is 6.16. The number of carbonyl (C=O) groups excluding carboxylic acids is 1. The molecule has 1 aromatic rings. The summed E-state index contributed by atoms with van der Waals surface area (Å²) in [6, 6.07) is -0.307. The van der Waals surface area contributed by atoms with E-state index in [1.165, 1.54) is 10.9 Å². The molecule has 108 valence electrons. The number of hydrogen-bond acceptors (Lipinski definition) is 6. The van der Waals surface area contributed by atoms with Crippen LogP contribution in [0, 0.1) is 6.92 Å². The van der Waals surface area contributed by atoms with Gasteiger partial charge in [0, 0.05) is 0 Å². The van der Waals surface area contributed by atoms with E-state index in [4.69, 9.17) is 8.92 Å². The third-order valence-corrected chi connectivity index (χ3v) is 3.05. The Bertz CT molecular complexity index is 549. The van der Waals surface area contributed by atoms with Crippen LogP contribution in [0.3, 0.4) is 0 Å². The highest BCUT2D eigenvalue weighted by Crippen LogP contribution is 2.15. The molecule has 0 saturated heterocycles. The quantitative estimate of drug-likeness (QED) is 0.571. The Kier molecular flexibility index (Phi) is 5.07. The van der Waals surface area contributed by atoms with Gasteiger partial charge in [-0.2, -0.15) is 13.5 Å². The van der Waals surface area contributed by atoms with Crippen molar-refractivity contribution in [2.75, 3.05) is 19.5 Å². The van der Waals surface area contributed by atoms with Crippen LogP contribution >= 0.6 is 0 Å². The Balaban J connectivity index is 2.82. The van der Waals surface area contributed by atoms with Crippen LogP contribution in [0.15, 0.2) is 6.20 Å². The van der Waals surface area contributed by atoms with Gasteiger partial charge in [-0.1, -0.05) is 0 Å². The number of rotatable bonds is 6. The lowest BCUT2D eigenvalue weighted by Gasteiger charge is -2.13. The second-order valence-corrected chi connectivity index (χ2v) is 5.79. The van der Waals surface area contributed by atoms with Gasteiger partial charge < -0.3 is 4.74 Å². The summed E-state index contributed by atoms with van der Waals surface area (Å²) in [5, 5.41) is 4.06. The van der Waals surface area contributed by atoms with E-state index in [9.17, 15) is 13.2 Å². The van der Waals surface area contributed by atoms with Crippen LogP contribution in [0.5, 0.6) is 0 Å². The van der Waals surface area contributed by atoms with E-state index < -0.39 is 16.1 Å². The molecule has 0 aliphatic rings. The van der Waals surface area contributed by atoms with Gasteiger partial charge in [-0.15, -0.1) is 0 Å². The van der Waals surface area contributed by atoms with Crippen LogP contribution in [-0.2, 0) is 19.0 Å². The van der Waals surface area contributed by atoms with E-state index in [1.54, 1.807) is 20.8 Å². The van der Waals surface area contributed by atoms with Crippen LogP contribution < -0.4 is 0 Å². The molecule has 0 N–H and O–H groups in total. The van der Waals surface area contributed by atoms with Crippen LogP contribution in [-0.4, -0.2) is 43.6 Å². The molecule has 0 radical (unpaired) electrons. The first-order chi connectivity index (χ1) is 8.76. The molecule has 19 heavy (non-hydrogen) atoms. The molecule has 0 fully saturated rings. The normalized spacial score (nSPS) is 13.3. The minimum Gasteiger partial charge on any atom is -0.462 e. The van der Waals surface area contributed by atoms with Crippen molar-refractivity contribution < 1.29 is 22.1 Å². The van der Waals surface area contributed by atoms with E-state index >= 15 is 0 Å². The zero-order valence-electron chi connectivity index (χ0n) is 11.4. The predicted molar refractivity (Wildman–Crippen MR) is 68.4 cm³/mol. The third kappa shape index (κ3) is 4.32. The van der Waals surface area contributed by atoms with Crippen molar-refractivity contribution in [2.24, 2.45) is 0 Å². The predicted octanol–water partition coefficient (Wildman–Crippen LogP) is 0.905. The Morgan fingerprint density at radius 3 is 2.68 bits per heavy atom. The van der Waals surface area contributed by atoms with Gasteiger partial charge in [-0.05, 0) is 20.8 Å². The summed E-state index contributed by atoms with van der Waals surface area (Å²) in [6.45, 7) is 5.44. The van der Waals surface area contributed by atoms with Crippen molar-refractivity contribution in [1.82, 2.24) is 9.78 Å². The summed E-state index contributed by atoms with van der Waals surface area (Å²) in [6.07, 6.45) is 2.39. The van der Waals surface area contributed by atoms with Crippen LogP contribution in [0.1, 0.15) is 35.9 Å². The lowest BCUT2D eigenvalue weighted by atomic mass is 10.2. The SMILES string of the molecule is CCOC(=O)c1cnn(C(C)COS(C)(=O)=O)c1C. The molecule has 0 spiro atoms. The third-order valence-electron chi connectivity index (χ3n) is 2.48. The maximum atomic E-state index is 11.6.